The first-order valence-corrected chi connectivity index (χ1v) is 5.42. The number of fused-ring (bicyclic) bond motifs is 1. The third-order valence-electron chi connectivity index (χ3n) is 2.84. The Hall–Kier alpha value is -2.32. The van der Waals surface area contributed by atoms with Crippen molar-refractivity contribution < 1.29 is 32.6 Å². The topological polar surface area (TPSA) is 79.7 Å². The first kappa shape index (κ1) is 14.1. The number of nitrogens with zero attached hydrogens (tertiary/aromatic N) is 2. The molecule has 2 rings (SSSR count). The summed E-state index contributed by atoms with van der Waals surface area (Å²) in [6.07, 6.45) is -5.41. The van der Waals surface area contributed by atoms with Gasteiger partial charge in [0.15, 0.2) is 0 Å². The number of aliphatic carboxylic acids is 1. The van der Waals surface area contributed by atoms with E-state index >= 15 is 0 Å². The molecule has 1 amide bonds. The van der Waals surface area contributed by atoms with Crippen LogP contribution in [0.2, 0.25) is 0 Å². The fraction of sp³-hybridized carbons (Fsp3) is 0.364. The molecule has 1 atom stereocenters. The maximum Gasteiger partial charge on any atom is 0.471 e. The molecule has 108 valence electrons. The first-order chi connectivity index (χ1) is 9.25. The molecule has 1 aromatic rings. The van der Waals surface area contributed by atoms with Gasteiger partial charge < -0.3 is 9.84 Å². The van der Waals surface area contributed by atoms with Gasteiger partial charge in [0.05, 0.1) is 7.11 Å². The van der Waals surface area contributed by atoms with Crippen molar-refractivity contribution in [3.05, 3.63) is 17.7 Å². The van der Waals surface area contributed by atoms with Crippen LogP contribution >= 0.6 is 0 Å². The van der Waals surface area contributed by atoms with E-state index in [-0.39, 0.29) is 28.6 Å². The predicted octanol–water partition coefficient (Wildman–Crippen LogP) is 0.995. The minimum Gasteiger partial charge on any atom is -0.481 e. The number of rotatable bonds is 2. The zero-order valence-corrected chi connectivity index (χ0v) is 10.1. The van der Waals surface area contributed by atoms with Crippen LogP contribution in [0.1, 0.15) is 5.56 Å². The van der Waals surface area contributed by atoms with Crippen molar-refractivity contribution in [2.45, 2.75) is 18.6 Å². The van der Waals surface area contributed by atoms with Gasteiger partial charge in [0.2, 0.25) is 5.88 Å². The highest BCUT2D eigenvalue weighted by Gasteiger charge is 2.50. The van der Waals surface area contributed by atoms with Crippen molar-refractivity contribution in [1.29, 1.82) is 0 Å². The third-order valence-corrected chi connectivity index (χ3v) is 2.84. The second-order valence-electron chi connectivity index (χ2n) is 4.07. The summed E-state index contributed by atoms with van der Waals surface area (Å²) in [6, 6.07) is 1.15. The van der Waals surface area contributed by atoms with Crippen molar-refractivity contribution >= 4 is 17.7 Å². The molecule has 0 radical (unpaired) electrons. The van der Waals surface area contributed by atoms with E-state index in [2.05, 4.69) is 4.98 Å². The Balaban J connectivity index is 2.51. The molecule has 0 aromatic carbocycles. The van der Waals surface area contributed by atoms with Crippen LogP contribution in [0.25, 0.3) is 0 Å². The van der Waals surface area contributed by atoms with Gasteiger partial charge in [-0.15, -0.1) is 0 Å². The molecule has 0 bridgehead atoms. The Kier molecular flexibility index (Phi) is 3.28. The molecule has 20 heavy (non-hydrogen) atoms. The normalized spacial score (nSPS) is 17.8. The summed E-state index contributed by atoms with van der Waals surface area (Å²) in [5.41, 5.74) is 0.246. The number of hydrogen-bond acceptors (Lipinski definition) is 4. The van der Waals surface area contributed by atoms with Crippen molar-refractivity contribution in [2.75, 3.05) is 12.0 Å². The van der Waals surface area contributed by atoms with Crippen LogP contribution in [-0.4, -0.2) is 41.3 Å². The van der Waals surface area contributed by atoms with Crippen LogP contribution in [0, 0.1) is 0 Å². The molecule has 2 heterocycles. The molecule has 6 nitrogen and oxygen atoms in total. The number of alkyl halides is 3. The highest BCUT2D eigenvalue weighted by molar-refractivity contribution is 6.03. The average molecular weight is 290 g/mol. The monoisotopic (exact) mass is 290 g/mol. The Labute approximate surface area is 110 Å². The van der Waals surface area contributed by atoms with Gasteiger partial charge in [-0.1, -0.05) is 0 Å². The zero-order chi connectivity index (χ0) is 15.1. The quantitative estimate of drug-likeness (QED) is 0.878. The summed E-state index contributed by atoms with van der Waals surface area (Å²) in [7, 11) is 1.26. The number of hydrogen-bond donors (Lipinski definition) is 1. The van der Waals surface area contributed by atoms with E-state index in [0.717, 1.165) is 0 Å². The number of aromatic nitrogens is 1. The number of carbonyl (C=O) groups is 2. The molecule has 1 aliphatic heterocycles. The van der Waals surface area contributed by atoms with E-state index in [1.807, 2.05) is 0 Å². The summed E-state index contributed by atoms with van der Waals surface area (Å²) >= 11 is 0. The molecule has 0 saturated carbocycles. The van der Waals surface area contributed by atoms with E-state index in [4.69, 9.17) is 9.84 Å². The van der Waals surface area contributed by atoms with Crippen molar-refractivity contribution in [1.82, 2.24) is 4.98 Å². The molecule has 1 unspecified atom stereocenters. The van der Waals surface area contributed by atoms with Crippen LogP contribution in [0.4, 0.5) is 19.0 Å². The number of anilines is 1. The molecule has 0 fully saturated rings. The lowest BCUT2D eigenvalue weighted by Crippen LogP contribution is -2.49. The maximum atomic E-state index is 12.6. The second kappa shape index (κ2) is 4.66. The van der Waals surface area contributed by atoms with E-state index < -0.39 is 24.1 Å². The predicted molar refractivity (Wildman–Crippen MR) is 59.5 cm³/mol. The average Bonchev–Trinajstić information content (AvgIpc) is 2.74. The number of ether oxygens (including phenoxy) is 1. The van der Waals surface area contributed by atoms with Gasteiger partial charge in [0, 0.05) is 12.5 Å². The Morgan fingerprint density at radius 1 is 1.45 bits per heavy atom. The zero-order valence-electron chi connectivity index (χ0n) is 10.1. The van der Waals surface area contributed by atoms with E-state index in [9.17, 15) is 22.8 Å². The lowest BCUT2D eigenvalue weighted by Gasteiger charge is -2.22. The van der Waals surface area contributed by atoms with E-state index in [1.54, 1.807) is 0 Å². The fourth-order valence-corrected chi connectivity index (χ4v) is 1.96. The molecule has 0 aliphatic carbocycles. The number of methoxy groups -OCH3 is 1. The van der Waals surface area contributed by atoms with Gasteiger partial charge >= 0.3 is 18.1 Å². The second-order valence-corrected chi connectivity index (χ2v) is 4.07. The summed E-state index contributed by atoms with van der Waals surface area (Å²) in [4.78, 5) is 26.3. The van der Waals surface area contributed by atoms with Crippen LogP contribution in [0.5, 0.6) is 5.88 Å². The van der Waals surface area contributed by atoms with Crippen molar-refractivity contribution in [3.63, 3.8) is 0 Å². The molecule has 0 saturated heterocycles. The summed E-state index contributed by atoms with van der Waals surface area (Å²) in [6.45, 7) is 0. The lowest BCUT2D eigenvalue weighted by atomic mass is 10.1. The number of halogens is 3. The van der Waals surface area contributed by atoms with Gasteiger partial charge in [0.1, 0.15) is 11.9 Å². The molecular weight excluding hydrogens is 281 g/mol. The number of carboxylic acids is 1. The Bertz CT molecular complexity index is 573. The third kappa shape index (κ3) is 2.26. The number of carbonyl (C=O) groups excluding carboxylic acids is 1. The molecule has 0 spiro atoms. The first-order valence-electron chi connectivity index (χ1n) is 5.42. The van der Waals surface area contributed by atoms with Crippen LogP contribution in [-0.2, 0) is 16.0 Å². The molecule has 1 N–H and O–H groups in total. The highest BCUT2D eigenvalue weighted by atomic mass is 19.4. The fourth-order valence-electron chi connectivity index (χ4n) is 1.96. The van der Waals surface area contributed by atoms with Gasteiger partial charge in [-0.25, -0.2) is 4.79 Å². The number of pyridine rings is 1. The smallest absolute Gasteiger partial charge is 0.471 e. The van der Waals surface area contributed by atoms with Gasteiger partial charge in [-0.05, 0) is 11.6 Å². The van der Waals surface area contributed by atoms with Gasteiger partial charge in [-0.2, -0.15) is 18.2 Å². The summed E-state index contributed by atoms with van der Waals surface area (Å²) in [5.74, 6) is -4.13. The molecule has 1 aromatic heterocycles. The largest absolute Gasteiger partial charge is 0.481 e. The van der Waals surface area contributed by atoms with Gasteiger partial charge in [-0.3, -0.25) is 9.69 Å². The minimum absolute atomic E-state index is 0.00485. The number of amides is 1. The molecule has 9 heteroatoms. The maximum absolute atomic E-state index is 12.6. The van der Waals surface area contributed by atoms with Crippen LogP contribution in [0.3, 0.4) is 0 Å². The van der Waals surface area contributed by atoms with Gasteiger partial charge in [0.25, 0.3) is 0 Å². The van der Waals surface area contributed by atoms with Crippen molar-refractivity contribution in [3.8, 4) is 5.88 Å². The highest BCUT2D eigenvalue weighted by Crippen LogP contribution is 2.35. The van der Waals surface area contributed by atoms with Crippen LogP contribution in [0.15, 0.2) is 12.1 Å². The Morgan fingerprint density at radius 2 is 2.10 bits per heavy atom. The lowest BCUT2D eigenvalue weighted by molar-refractivity contribution is -0.171. The minimum atomic E-state index is -5.18. The summed E-state index contributed by atoms with van der Waals surface area (Å²) < 4.78 is 42.5. The molecule has 1 aliphatic rings. The van der Waals surface area contributed by atoms with Crippen LogP contribution < -0.4 is 9.64 Å². The van der Waals surface area contributed by atoms with Crippen molar-refractivity contribution in [2.24, 2.45) is 0 Å². The van der Waals surface area contributed by atoms with E-state index in [0.29, 0.717) is 0 Å². The Morgan fingerprint density at radius 3 is 2.60 bits per heavy atom. The SMILES string of the molecule is COc1ccc2c(n1)N(C(=O)C(F)(F)F)C(C(=O)O)C2. The standard InChI is InChI=1S/C11H9F3N2O4/c1-20-7-3-2-5-4-6(9(17)18)16(8(5)15-7)10(19)11(12,13)14/h2-3,6H,4H2,1H3,(H,17,18). The van der Waals surface area contributed by atoms with E-state index in [1.165, 1.54) is 19.2 Å². The number of carboxylic acid groups (broad SMARTS) is 1. The summed E-state index contributed by atoms with van der Waals surface area (Å²) in [5, 5.41) is 8.98. The molecular formula is C11H9F3N2O4.